The van der Waals surface area contributed by atoms with E-state index in [0.717, 1.165) is 18.0 Å². The van der Waals surface area contributed by atoms with Gasteiger partial charge in [0, 0.05) is 7.05 Å². The highest BCUT2D eigenvalue weighted by molar-refractivity contribution is 7.99. The molecule has 124 valence electrons. The van der Waals surface area contributed by atoms with Gasteiger partial charge in [0.2, 0.25) is 15.9 Å². The number of para-hydroxylation sites is 1. The van der Waals surface area contributed by atoms with Gasteiger partial charge >= 0.3 is 0 Å². The standard InChI is InChI=1S/C13H17N5O3S2/c1-17-12(15-16-13(17)22-9-11(14)19)8-18(23(2,20)21)10-6-4-3-5-7-10/h3-7H,8-9H2,1-2H3,(H2,14,19). The topological polar surface area (TPSA) is 111 Å². The summed E-state index contributed by atoms with van der Waals surface area (Å²) in [6.07, 6.45) is 1.14. The van der Waals surface area contributed by atoms with Gasteiger partial charge in [0.15, 0.2) is 11.0 Å². The third-order valence-electron chi connectivity index (χ3n) is 3.00. The highest BCUT2D eigenvalue weighted by atomic mass is 32.2. The summed E-state index contributed by atoms with van der Waals surface area (Å²) in [5.41, 5.74) is 5.65. The number of nitrogens with two attached hydrogens (primary N) is 1. The van der Waals surface area contributed by atoms with Crippen LogP contribution in [0.3, 0.4) is 0 Å². The highest BCUT2D eigenvalue weighted by Crippen LogP contribution is 2.21. The number of carbonyl (C=O) groups is 1. The number of carbonyl (C=O) groups excluding carboxylic acids is 1. The number of hydrogen-bond donors (Lipinski definition) is 1. The predicted octanol–water partition coefficient (Wildman–Crippen LogP) is 0.359. The van der Waals surface area contributed by atoms with Crippen molar-refractivity contribution in [2.24, 2.45) is 12.8 Å². The molecule has 1 amide bonds. The number of rotatable bonds is 7. The molecule has 1 aromatic carbocycles. The van der Waals surface area contributed by atoms with Crippen molar-refractivity contribution >= 4 is 33.4 Å². The fourth-order valence-electron chi connectivity index (χ4n) is 1.87. The first-order chi connectivity index (χ1) is 10.8. The number of nitrogens with zero attached hydrogens (tertiary/aromatic N) is 4. The molecule has 0 spiro atoms. The van der Waals surface area contributed by atoms with Gasteiger partial charge in [-0.2, -0.15) is 0 Å². The molecule has 0 aliphatic rings. The van der Waals surface area contributed by atoms with E-state index < -0.39 is 15.9 Å². The molecule has 10 heteroatoms. The van der Waals surface area contributed by atoms with E-state index in [9.17, 15) is 13.2 Å². The summed E-state index contributed by atoms with van der Waals surface area (Å²) < 4.78 is 27.0. The Morgan fingerprint density at radius 1 is 1.30 bits per heavy atom. The first-order valence-electron chi connectivity index (χ1n) is 6.61. The van der Waals surface area contributed by atoms with E-state index >= 15 is 0 Å². The van der Waals surface area contributed by atoms with E-state index in [1.807, 2.05) is 6.07 Å². The smallest absolute Gasteiger partial charge is 0.232 e. The number of amides is 1. The Morgan fingerprint density at radius 3 is 2.52 bits per heavy atom. The molecule has 0 unspecified atom stereocenters. The average molecular weight is 355 g/mol. The van der Waals surface area contributed by atoms with E-state index in [2.05, 4.69) is 10.2 Å². The van der Waals surface area contributed by atoms with Crippen molar-refractivity contribution in [1.29, 1.82) is 0 Å². The van der Waals surface area contributed by atoms with Crippen molar-refractivity contribution in [3.63, 3.8) is 0 Å². The van der Waals surface area contributed by atoms with Crippen molar-refractivity contribution in [3.05, 3.63) is 36.2 Å². The normalized spacial score (nSPS) is 11.4. The molecule has 0 saturated heterocycles. The van der Waals surface area contributed by atoms with Gasteiger partial charge < -0.3 is 10.3 Å². The van der Waals surface area contributed by atoms with Crippen molar-refractivity contribution < 1.29 is 13.2 Å². The molecule has 2 N–H and O–H groups in total. The predicted molar refractivity (Wildman–Crippen MR) is 88.4 cm³/mol. The van der Waals surface area contributed by atoms with Crippen LogP contribution < -0.4 is 10.0 Å². The zero-order valence-corrected chi connectivity index (χ0v) is 14.3. The zero-order chi connectivity index (χ0) is 17.0. The molecule has 0 bridgehead atoms. The number of benzene rings is 1. The Hall–Kier alpha value is -2.07. The Bertz CT molecular complexity index is 789. The molecule has 1 heterocycles. The van der Waals surface area contributed by atoms with Gasteiger partial charge in [-0.1, -0.05) is 30.0 Å². The molecule has 0 saturated carbocycles. The second-order valence-electron chi connectivity index (χ2n) is 4.82. The number of sulfonamides is 1. The van der Waals surface area contributed by atoms with Crippen LogP contribution in [0.1, 0.15) is 5.82 Å². The van der Waals surface area contributed by atoms with Crippen LogP contribution in [0.2, 0.25) is 0 Å². The molecule has 1 aromatic heterocycles. The number of hydrogen-bond acceptors (Lipinski definition) is 6. The summed E-state index contributed by atoms with van der Waals surface area (Å²) in [6.45, 7) is 0.0451. The molecule has 0 aliphatic carbocycles. The summed E-state index contributed by atoms with van der Waals surface area (Å²) in [7, 11) is -1.77. The lowest BCUT2D eigenvalue weighted by Gasteiger charge is -2.21. The number of primary amides is 1. The van der Waals surface area contributed by atoms with Gasteiger partial charge in [-0.05, 0) is 12.1 Å². The third kappa shape index (κ3) is 4.45. The maximum Gasteiger partial charge on any atom is 0.232 e. The van der Waals surface area contributed by atoms with E-state index in [-0.39, 0.29) is 12.3 Å². The number of anilines is 1. The minimum atomic E-state index is -3.48. The van der Waals surface area contributed by atoms with E-state index in [4.69, 9.17) is 5.73 Å². The van der Waals surface area contributed by atoms with Crippen molar-refractivity contribution in [2.45, 2.75) is 11.7 Å². The number of thioether (sulfide) groups is 1. The summed E-state index contributed by atoms with van der Waals surface area (Å²) >= 11 is 1.15. The molecule has 2 rings (SSSR count). The van der Waals surface area contributed by atoms with Crippen LogP contribution in [0.15, 0.2) is 35.5 Å². The highest BCUT2D eigenvalue weighted by Gasteiger charge is 2.21. The van der Waals surface area contributed by atoms with Gasteiger partial charge in [0.25, 0.3) is 0 Å². The second kappa shape index (κ2) is 7.01. The van der Waals surface area contributed by atoms with Gasteiger partial charge in [0.05, 0.1) is 24.2 Å². The minimum absolute atomic E-state index is 0.0451. The summed E-state index contributed by atoms with van der Waals surface area (Å²) in [4.78, 5) is 10.8. The maximum atomic E-state index is 12.1. The molecule has 2 aromatic rings. The van der Waals surface area contributed by atoms with Gasteiger partial charge in [-0.15, -0.1) is 10.2 Å². The third-order valence-corrected chi connectivity index (χ3v) is 5.18. The van der Waals surface area contributed by atoms with Crippen molar-refractivity contribution in [2.75, 3.05) is 16.3 Å². The Kier molecular flexibility index (Phi) is 5.26. The Balaban J connectivity index is 2.26. The zero-order valence-electron chi connectivity index (χ0n) is 12.7. The fraction of sp³-hybridized carbons (Fsp3) is 0.308. The van der Waals surface area contributed by atoms with Crippen LogP contribution in [0.25, 0.3) is 0 Å². The fourth-order valence-corrected chi connectivity index (χ4v) is 3.39. The quantitative estimate of drug-likeness (QED) is 0.718. The minimum Gasteiger partial charge on any atom is -0.369 e. The Labute approximate surface area is 138 Å². The molecule has 0 fully saturated rings. The lowest BCUT2D eigenvalue weighted by Crippen LogP contribution is -2.30. The van der Waals surface area contributed by atoms with Crippen LogP contribution in [0, 0.1) is 0 Å². The van der Waals surface area contributed by atoms with E-state index in [0.29, 0.717) is 16.7 Å². The van der Waals surface area contributed by atoms with Gasteiger partial charge in [-0.25, -0.2) is 8.42 Å². The molecule has 0 radical (unpaired) electrons. The van der Waals surface area contributed by atoms with Crippen LogP contribution in [-0.4, -0.2) is 41.1 Å². The van der Waals surface area contributed by atoms with Crippen LogP contribution in [0.4, 0.5) is 5.69 Å². The van der Waals surface area contributed by atoms with E-state index in [1.54, 1.807) is 35.9 Å². The molecular formula is C13H17N5O3S2. The SMILES string of the molecule is Cn1c(CN(c2ccccc2)S(C)(=O)=O)nnc1SCC(N)=O. The second-order valence-corrected chi connectivity index (χ2v) is 7.67. The maximum absolute atomic E-state index is 12.1. The first-order valence-corrected chi connectivity index (χ1v) is 9.44. The van der Waals surface area contributed by atoms with Gasteiger partial charge in [-0.3, -0.25) is 9.10 Å². The molecular weight excluding hydrogens is 338 g/mol. The largest absolute Gasteiger partial charge is 0.369 e. The van der Waals surface area contributed by atoms with Crippen LogP contribution >= 0.6 is 11.8 Å². The monoisotopic (exact) mass is 355 g/mol. The Morgan fingerprint density at radius 2 is 1.96 bits per heavy atom. The molecule has 8 nitrogen and oxygen atoms in total. The summed E-state index contributed by atoms with van der Waals surface area (Å²) in [6, 6.07) is 8.75. The lowest BCUT2D eigenvalue weighted by atomic mass is 10.3. The molecule has 23 heavy (non-hydrogen) atoms. The van der Waals surface area contributed by atoms with Crippen LogP contribution in [-0.2, 0) is 28.4 Å². The summed E-state index contributed by atoms with van der Waals surface area (Å²) in [5, 5.41) is 8.47. The van der Waals surface area contributed by atoms with Gasteiger partial charge in [0.1, 0.15) is 0 Å². The van der Waals surface area contributed by atoms with Crippen LogP contribution in [0.5, 0.6) is 0 Å². The summed E-state index contributed by atoms with van der Waals surface area (Å²) in [5.74, 6) is 0.0910. The van der Waals surface area contributed by atoms with E-state index in [1.165, 1.54) is 4.31 Å². The molecule has 0 aliphatic heterocycles. The molecule has 0 atom stereocenters. The average Bonchev–Trinajstić information content (AvgIpc) is 2.83. The number of aromatic nitrogens is 3. The first kappa shape index (κ1) is 17.3. The van der Waals surface area contributed by atoms with Crippen molar-refractivity contribution in [3.8, 4) is 0 Å². The lowest BCUT2D eigenvalue weighted by molar-refractivity contribution is -0.115. The van der Waals surface area contributed by atoms with Crippen molar-refractivity contribution in [1.82, 2.24) is 14.8 Å².